The van der Waals surface area contributed by atoms with Crippen molar-refractivity contribution in [3.63, 3.8) is 0 Å². The number of hydrogen-bond acceptors (Lipinski definition) is 1. The first-order chi connectivity index (χ1) is 4.76. The van der Waals surface area contributed by atoms with Crippen molar-refractivity contribution in [2.75, 3.05) is 0 Å². The van der Waals surface area contributed by atoms with Crippen LogP contribution in [0.25, 0.3) is 0 Å². The molecular weight excluding hydrogens is 128 g/mol. The monoisotopic (exact) mass is 140 g/mol. The van der Waals surface area contributed by atoms with Crippen LogP contribution in [0.2, 0.25) is 0 Å². The average molecular weight is 140 g/mol. The number of carboxylic acid groups (broad SMARTS) is 1. The fourth-order valence-electron chi connectivity index (χ4n) is 2.27. The van der Waals surface area contributed by atoms with Crippen LogP contribution >= 0.6 is 0 Å². The van der Waals surface area contributed by atoms with Crippen molar-refractivity contribution in [1.29, 1.82) is 0 Å². The second-order valence-electron chi connectivity index (χ2n) is 3.61. The number of carboxylic acids is 1. The highest BCUT2D eigenvalue weighted by atomic mass is 16.4. The summed E-state index contributed by atoms with van der Waals surface area (Å²) in [5.41, 5.74) is -0.238. The van der Waals surface area contributed by atoms with E-state index in [4.69, 9.17) is 5.11 Å². The van der Waals surface area contributed by atoms with Gasteiger partial charge in [-0.15, -0.1) is 0 Å². The van der Waals surface area contributed by atoms with Crippen LogP contribution in [-0.2, 0) is 4.79 Å². The molecule has 0 bridgehead atoms. The molecule has 2 saturated carbocycles. The molecule has 56 valence electrons. The molecule has 2 aliphatic carbocycles. The Morgan fingerprint density at radius 2 is 2.30 bits per heavy atom. The van der Waals surface area contributed by atoms with E-state index in [2.05, 4.69) is 0 Å². The molecule has 2 nitrogen and oxygen atoms in total. The Balaban J connectivity index is 2.12. The first kappa shape index (κ1) is 6.20. The minimum atomic E-state index is -0.544. The van der Waals surface area contributed by atoms with Gasteiger partial charge in [0.25, 0.3) is 0 Å². The van der Waals surface area contributed by atoms with Crippen LogP contribution in [0, 0.1) is 11.3 Å². The van der Waals surface area contributed by atoms with Crippen LogP contribution in [0.3, 0.4) is 0 Å². The Kier molecular flexibility index (Phi) is 1.08. The van der Waals surface area contributed by atoms with Gasteiger partial charge in [0, 0.05) is 0 Å². The van der Waals surface area contributed by atoms with E-state index in [0.717, 1.165) is 25.7 Å². The van der Waals surface area contributed by atoms with Gasteiger partial charge in [-0.25, -0.2) is 0 Å². The molecule has 0 heterocycles. The quantitative estimate of drug-likeness (QED) is 0.601. The Bertz CT molecular complexity index is 176. The lowest BCUT2D eigenvalue weighted by molar-refractivity contribution is -0.144. The largest absolute Gasteiger partial charge is 0.481 e. The molecule has 1 N–H and O–H groups in total. The third-order valence-electron chi connectivity index (χ3n) is 3.08. The molecule has 2 fully saturated rings. The highest BCUT2D eigenvalue weighted by Gasteiger charge is 2.60. The van der Waals surface area contributed by atoms with E-state index in [9.17, 15) is 4.79 Å². The highest BCUT2D eigenvalue weighted by molar-refractivity contribution is 5.78. The van der Waals surface area contributed by atoms with Crippen LogP contribution in [-0.4, -0.2) is 11.1 Å². The lowest BCUT2D eigenvalue weighted by atomic mass is 9.89. The summed E-state index contributed by atoms with van der Waals surface area (Å²) in [5.74, 6) is -0.00375. The van der Waals surface area contributed by atoms with E-state index in [1.165, 1.54) is 6.42 Å². The summed E-state index contributed by atoms with van der Waals surface area (Å²) in [5, 5.41) is 8.84. The number of fused-ring (bicyclic) bond motifs is 1. The number of carbonyl (C=O) groups is 1. The van der Waals surface area contributed by atoms with Gasteiger partial charge in [0.15, 0.2) is 0 Å². The van der Waals surface area contributed by atoms with Crippen molar-refractivity contribution in [2.45, 2.75) is 32.1 Å². The van der Waals surface area contributed by atoms with Gasteiger partial charge in [0.05, 0.1) is 5.41 Å². The average Bonchev–Trinajstić information content (AvgIpc) is 2.61. The summed E-state index contributed by atoms with van der Waals surface area (Å²) in [6, 6.07) is 0. The number of hydrogen-bond donors (Lipinski definition) is 1. The lowest BCUT2D eigenvalue weighted by Crippen LogP contribution is -2.20. The van der Waals surface area contributed by atoms with Crippen molar-refractivity contribution >= 4 is 5.97 Å². The molecule has 0 radical (unpaired) electrons. The van der Waals surface area contributed by atoms with Gasteiger partial charge in [-0.05, 0) is 25.2 Å². The predicted octanol–water partition coefficient (Wildman–Crippen LogP) is 1.65. The standard InChI is InChI=1S/C8H12O2/c9-7(10)8-4-2-1-3-6(8)5-8/h6H,1-5H2,(H,9,10). The summed E-state index contributed by atoms with van der Waals surface area (Å²) in [6.45, 7) is 0. The molecule has 0 aliphatic heterocycles. The van der Waals surface area contributed by atoms with Crippen molar-refractivity contribution in [1.82, 2.24) is 0 Å². The molecule has 0 aromatic carbocycles. The topological polar surface area (TPSA) is 37.3 Å². The smallest absolute Gasteiger partial charge is 0.309 e. The molecule has 10 heavy (non-hydrogen) atoms. The van der Waals surface area contributed by atoms with E-state index < -0.39 is 5.97 Å². The van der Waals surface area contributed by atoms with E-state index >= 15 is 0 Å². The summed E-state index contributed by atoms with van der Waals surface area (Å²) in [6.07, 6.45) is 5.43. The summed E-state index contributed by atoms with van der Waals surface area (Å²) < 4.78 is 0. The van der Waals surface area contributed by atoms with Crippen molar-refractivity contribution in [3.8, 4) is 0 Å². The van der Waals surface area contributed by atoms with Gasteiger partial charge in [0.1, 0.15) is 0 Å². The van der Waals surface area contributed by atoms with Gasteiger partial charge >= 0.3 is 5.97 Å². The van der Waals surface area contributed by atoms with Gasteiger partial charge in [-0.3, -0.25) is 4.79 Å². The molecule has 2 unspecified atom stereocenters. The normalized spacial score (nSPS) is 44.2. The van der Waals surface area contributed by atoms with Gasteiger partial charge in [-0.2, -0.15) is 0 Å². The summed E-state index contributed by atoms with van der Waals surface area (Å²) >= 11 is 0. The van der Waals surface area contributed by atoms with Crippen LogP contribution in [0.15, 0.2) is 0 Å². The zero-order valence-electron chi connectivity index (χ0n) is 5.97. The SMILES string of the molecule is O=C(O)C12CCCCC1C2. The third-order valence-corrected chi connectivity index (χ3v) is 3.08. The number of rotatable bonds is 1. The fourth-order valence-corrected chi connectivity index (χ4v) is 2.27. The number of aliphatic carboxylic acids is 1. The molecule has 0 aromatic rings. The van der Waals surface area contributed by atoms with Crippen molar-refractivity contribution in [2.24, 2.45) is 11.3 Å². The predicted molar refractivity (Wildman–Crippen MR) is 36.6 cm³/mol. The second kappa shape index (κ2) is 1.74. The van der Waals surface area contributed by atoms with E-state index in [-0.39, 0.29) is 5.41 Å². The summed E-state index contributed by atoms with van der Waals surface area (Å²) in [7, 11) is 0. The van der Waals surface area contributed by atoms with Crippen LogP contribution in [0.5, 0.6) is 0 Å². The maximum Gasteiger partial charge on any atom is 0.309 e. The van der Waals surface area contributed by atoms with E-state index in [1.807, 2.05) is 0 Å². The Morgan fingerprint density at radius 1 is 1.50 bits per heavy atom. The Labute approximate surface area is 60.2 Å². The fraction of sp³-hybridized carbons (Fsp3) is 0.875. The summed E-state index contributed by atoms with van der Waals surface area (Å²) in [4.78, 5) is 10.7. The molecule has 2 atom stereocenters. The molecule has 2 heteroatoms. The van der Waals surface area contributed by atoms with Gasteiger partial charge in [0.2, 0.25) is 0 Å². The van der Waals surface area contributed by atoms with E-state index in [1.54, 1.807) is 0 Å². The molecule has 0 saturated heterocycles. The van der Waals surface area contributed by atoms with Crippen LogP contribution < -0.4 is 0 Å². The lowest BCUT2D eigenvalue weighted by Gasteiger charge is -2.16. The third kappa shape index (κ3) is 0.619. The molecule has 2 aliphatic rings. The minimum absolute atomic E-state index is 0.238. The van der Waals surface area contributed by atoms with Gasteiger partial charge < -0.3 is 5.11 Å². The second-order valence-corrected chi connectivity index (χ2v) is 3.61. The molecular formula is C8H12O2. The minimum Gasteiger partial charge on any atom is -0.481 e. The maximum absolute atomic E-state index is 10.7. The first-order valence-electron chi connectivity index (χ1n) is 3.99. The molecule has 0 amide bonds. The van der Waals surface area contributed by atoms with Crippen LogP contribution in [0.4, 0.5) is 0 Å². The Hall–Kier alpha value is -0.530. The zero-order chi connectivity index (χ0) is 7.19. The molecule has 0 aromatic heterocycles. The van der Waals surface area contributed by atoms with Crippen molar-refractivity contribution < 1.29 is 9.90 Å². The molecule has 0 spiro atoms. The van der Waals surface area contributed by atoms with Crippen LogP contribution in [0.1, 0.15) is 32.1 Å². The first-order valence-corrected chi connectivity index (χ1v) is 3.99. The highest BCUT2D eigenvalue weighted by Crippen LogP contribution is 2.61. The van der Waals surface area contributed by atoms with E-state index in [0.29, 0.717) is 5.92 Å². The zero-order valence-corrected chi connectivity index (χ0v) is 5.97. The molecule has 2 rings (SSSR count). The van der Waals surface area contributed by atoms with Crippen molar-refractivity contribution in [3.05, 3.63) is 0 Å². The Morgan fingerprint density at radius 3 is 2.80 bits per heavy atom. The van der Waals surface area contributed by atoms with Gasteiger partial charge in [-0.1, -0.05) is 12.8 Å². The maximum atomic E-state index is 10.7.